The highest BCUT2D eigenvalue weighted by Crippen LogP contribution is 2.23. The molecule has 0 aromatic carbocycles. The number of amides is 1. The summed E-state index contributed by atoms with van der Waals surface area (Å²) >= 11 is 5.32. The Bertz CT molecular complexity index is 525. The van der Waals surface area contributed by atoms with Crippen LogP contribution in [0.2, 0.25) is 0 Å². The minimum Gasteiger partial charge on any atom is -0.378 e. The number of hydrogen-bond acceptors (Lipinski definition) is 5. The number of hydrogen-bond donors (Lipinski definition) is 0. The van der Waals surface area contributed by atoms with Gasteiger partial charge < -0.3 is 9.64 Å². The van der Waals surface area contributed by atoms with Gasteiger partial charge in [0.25, 0.3) is 0 Å². The maximum absolute atomic E-state index is 12.6. The monoisotopic (exact) mass is 401 g/mol. The van der Waals surface area contributed by atoms with Crippen LogP contribution < -0.4 is 0 Å². The first-order valence-electron chi connectivity index (χ1n) is 8.20. The number of piperazine rings is 1. The standard InChI is InChI=1S/C16H24BrN3O2S/c1-13(16(21)20-8-10-22-11-9-20)19-6-4-18(5-7-19)12-14-2-3-15(17)23-14/h2-3,13H,4-12H2,1H3. The molecule has 2 fully saturated rings. The van der Waals surface area contributed by atoms with E-state index in [0.29, 0.717) is 13.2 Å². The van der Waals surface area contributed by atoms with Crippen LogP contribution in [-0.2, 0) is 16.1 Å². The SMILES string of the molecule is CC(C(=O)N1CCOCC1)N1CCN(Cc2ccc(Br)s2)CC1. The summed E-state index contributed by atoms with van der Waals surface area (Å²) in [6, 6.07) is 4.27. The average Bonchev–Trinajstić information content (AvgIpc) is 3.00. The highest BCUT2D eigenvalue weighted by Gasteiger charge is 2.29. The van der Waals surface area contributed by atoms with Gasteiger partial charge in [-0.25, -0.2) is 0 Å². The number of carbonyl (C=O) groups is 1. The van der Waals surface area contributed by atoms with Gasteiger partial charge >= 0.3 is 0 Å². The number of halogens is 1. The quantitative estimate of drug-likeness (QED) is 0.771. The second kappa shape index (κ2) is 8.07. The van der Waals surface area contributed by atoms with Crippen molar-refractivity contribution in [2.75, 3.05) is 52.5 Å². The van der Waals surface area contributed by atoms with Crippen molar-refractivity contribution in [3.8, 4) is 0 Å². The van der Waals surface area contributed by atoms with Gasteiger partial charge in [0.15, 0.2) is 0 Å². The van der Waals surface area contributed by atoms with Crippen molar-refractivity contribution in [1.29, 1.82) is 0 Å². The van der Waals surface area contributed by atoms with E-state index in [4.69, 9.17) is 4.74 Å². The Hall–Kier alpha value is -0.470. The zero-order valence-electron chi connectivity index (χ0n) is 13.5. The first kappa shape index (κ1) is 17.4. The Morgan fingerprint density at radius 1 is 1.22 bits per heavy atom. The molecule has 2 aliphatic heterocycles. The third kappa shape index (κ3) is 4.54. The zero-order chi connectivity index (χ0) is 16.2. The lowest BCUT2D eigenvalue weighted by Crippen LogP contribution is -2.55. The number of thiophene rings is 1. The summed E-state index contributed by atoms with van der Waals surface area (Å²) < 4.78 is 6.52. The van der Waals surface area contributed by atoms with Gasteiger partial charge in [0.1, 0.15) is 0 Å². The van der Waals surface area contributed by atoms with Gasteiger partial charge in [-0.3, -0.25) is 14.6 Å². The minimum atomic E-state index is -0.0221. The van der Waals surface area contributed by atoms with Crippen LogP contribution in [0.1, 0.15) is 11.8 Å². The largest absolute Gasteiger partial charge is 0.378 e. The third-order valence-electron chi connectivity index (χ3n) is 4.64. The van der Waals surface area contributed by atoms with Crippen LogP contribution in [0.5, 0.6) is 0 Å². The predicted molar refractivity (Wildman–Crippen MR) is 95.7 cm³/mol. The summed E-state index contributed by atoms with van der Waals surface area (Å²) in [6.07, 6.45) is 0. The molecule has 0 spiro atoms. The molecule has 2 saturated heterocycles. The van der Waals surface area contributed by atoms with Crippen molar-refractivity contribution in [2.24, 2.45) is 0 Å². The van der Waals surface area contributed by atoms with Crippen LogP contribution >= 0.6 is 27.3 Å². The van der Waals surface area contributed by atoms with Gasteiger partial charge in [-0.05, 0) is 35.0 Å². The molecule has 1 atom stereocenters. The molecule has 3 heterocycles. The van der Waals surface area contributed by atoms with Crippen molar-refractivity contribution in [1.82, 2.24) is 14.7 Å². The second-order valence-corrected chi connectivity index (χ2v) is 8.68. The van der Waals surface area contributed by atoms with Crippen LogP contribution in [-0.4, -0.2) is 79.1 Å². The molecule has 7 heteroatoms. The van der Waals surface area contributed by atoms with Gasteiger partial charge in [0, 0.05) is 50.7 Å². The smallest absolute Gasteiger partial charge is 0.239 e. The van der Waals surface area contributed by atoms with E-state index in [0.717, 1.165) is 45.8 Å². The minimum absolute atomic E-state index is 0.0221. The summed E-state index contributed by atoms with van der Waals surface area (Å²) in [5.74, 6) is 0.254. The van der Waals surface area contributed by atoms with Crippen LogP contribution in [0, 0.1) is 0 Å². The van der Waals surface area contributed by atoms with Gasteiger partial charge in [-0.2, -0.15) is 0 Å². The highest BCUT2D eigenvalue weighted by molar-refractivity contribution is 9.11. The Morgan fingerprint density at radius 2 is 1.91 bits per heavy atom. The Kier molecular flexibility index (Phi) is 6.09. The Balaban J connectivity index is 1.46. The Morgan fingerprint density at radius 3 is 2.52 bits per heavy atom. The van der Waals surface area contributed by atoms with Crippen molar-refractivity contribution in [2.45, 2.75) is 19.5 Å². The fourth-order valence-corrected chi connectivity index (χ4v) is 4.70. The molecule has 0 bridgehead atoms. The maximum atomic E-state index is 12.6. The molecule has 0 radical (unpaired) electrons. The summed E-state index contributed by atoms with van der Waals surface area (Å²) in [6.45, 7) is 9.83. The summed E-state index contributed by atoms with van der Waals surface area (Å²) in [5, 5.41) is 0. The van der Waals surface area contributed by atoms with Crippen molar-refractivity contribution in [3.63, 3.8) is 0 Å². The van der Waals surface area contributed by atoms with Gasteiger partial charge in [0.05, 0.1) is 23.0 Å². The van der Waals surface area contributed by atoms with Crippen LogP contribution in [0.3, 0.4) is 0 Å². The van der Waals surface area contributed by atoms with E-state index in [1.54, 1.807) is 11.3 Å². The molecule has 0 aliphatic carbocycles. The normalized spacial score (nSPS) is 22.3. The third-order valence-corrected chi connectivity index (χ3v) is 6.25. The lowest BCUT2D eigenvalue weighted by Gasteiger charge is -2.39. The highest BCUT2D eigenvalue weighted by atomic mass is 79.9. The van der Waals surface area contributed by atoms with Crippen molar-refractivity contribution < 1.29 is 9.53 Å². The number of rotatable bonds is 4. The molecular formula is C16H24BrN3O2S. The zero-order valence-corrected chi connectivity index (χ0v) is 15.9. The Labute approximate surface area is 150 Å². The fraction of sp³-hybridized carbons (Fsp3) is 0.688. The molecule has 1 amide bonds. The van der Waals surface area contributed by atoms with E-state index in [-0.39, 0.29) is 11.9 Å². The molecule has 23 heavy (non-hydrogen) atoms. The number of morpholine rings is 1. The van der Waals surface area contributed by atoms with Crippen molar-refractivity contribution in [3.05, 3.63) is 20.8 Å². The number of carbonyl (C=O) groups excluding carboxylic acids is 1. The molecule has 0 N–H and O–H groups in total. The first-order valence-corrected chi connectivity index (χ1v) is 9.81. The molecule has 128 valence electrons. The van der Waals surface area contributed by atoms with Gasteiger partial charge in [-0.1, -0.05) is 0 Å². The molecule has 1 aromatic heterocycles. The van der Waals surface area contributed by atoms with Gasteiger partial charge in [0.2, 0.25) is 5.91 Å². The maximum Gasteiger partial charge on any atom is 0.239 e. The summed E-state index contributed by atoms with van der Waals surface area (Å²) in [7, 11) is 0. The van der Waals surface area contributed by atoms with Crippen LogP contribution in [0.25, 0.3) is 0 Å². The van der Waals surface area contributed by atoms with Gasteiger partial charge in [-0.15, -0.1) is 11.3 Å². The topological polar surface area (TPSA) is 36.0 Å². The summed E-state index contributed by atoms with van der Waals surface area (Å²) in [4.78, 5) is 20.7. The van der Waals surface area contributed by atoms with E-state index in [2.05, 4.69) is 37.9 Å². The molecule has 2 aliphatic rings. The average molecular weight is 402 g/mol. The fourth-order valence-electron chi connectivity index (χ4n) is 3.17. The summed E-state index contributed by atoms with van der Waals surface area (Å²) in [5.41, 5.74) is 0. The van der Waals surface area contributed by atoms with E-state index < -0.39 is 0 Å². The van der Waals surface area contributed by atoms with E-state index in [9.17, 15) is 4.79 Å². The molecule has 1 aromatic rings. The number of nitrogens with zero attached hydrogens (tertiary/aromatic N) is 3. The first-order chi connectivity index (χ1) is 11.1. The number of ether oxygens (including phenoxy) is 1. The molecular weight excluding hydrogens is 378 g/mol. The lowest BCUT2D eigenvalue weighted by molar-refractivity contribution is -0.141. The van der Waals surface area contributed by atoms with E-state index >= 15 is 0 Å². The molecule has 3 rings (SSSR count). The van der Waals surface area contributed by atoms with Crippen LogP contribution in [0.4, 0.5) is 0 Å². The predicted octanol–water partition coefficient (Wildman–Crippen LogP) is 1.88. The molecule has 1 unspecified atom stereocenters. The molecule has 0 saturated carbocycles. The second-order valence-electron chi connectivity index (χ2n) is 6.13. The van der Waals surface area contributed by atoms with Crippen molar-refractivity contribution >= 4 is 33.2 Å². The van der Waals surface area contributed by atoms with E-state index in [1.807, 2.05) is 11.8 Å². The van der Waals surface area contributed by atoms with E-state index in [1.165, 1.54) is 8.66 Å². The van der Waals surface area contributed by atoms with Crippen LogP contribution in [0.15, 0.2) is 15.9 Å². The lowest BCUT2D eigenvalue weighted by atomic mass is 10.2. The molecule has 5 nitrogen and oxygen atoms in total.